The molecule has 0 fully saturated rings. The van der Waals surface area contributed by atoms with Crippen molar-refractivity contribution in [3.8, 4) is 29.0 Å². The van der Waals surface area contributed by atoms with Gasteiger partial charge in [-0.05, 0) is 35.7 Å². The number of pyridine rings is 1. The summed E-state index contributed by atoms with van der Waals surface area (Å²) in [4.78, 5) is 16.8. The van der Waals surface area contributed by atoms with Gasteiger partial charge < -0.3 is 15.8 Å². The summed E-state index contributed by atoms with van der Waals surface area (Å²) in [6.45, 7) is 2.05. The van der Waals surface area contributed by atoms with Gasteiger partial charge in [0.15, 0.2) is 0 Å². The molecule has 9 heteroatoms. The van der Waals surface area contributed by atoms with Crippen LogP contribution in [0.1, 0.15) is 30.0 Å². The summed E-state index contributed by atoms with van der Waals surface area (Å²) in [7, 11) is 1.51. The van der Waals surface area contributed by atoms with Gasteiger partial charge in [-0.25, -0.2) is 4.98 Å². The number of carbonyl (C=O) groups is 1. The molecule has 3 N–H and O–H groups in total. The van der Waals surface area contributed by atoms with E-state index in [1.807, 2.05) is 31.2 Å². The number of ether oxygens (including phenoxy) is 1. The molecule has 0 saturated heterocycles. The molecule has 34 heavy (non-hydrogen) atoms. The van der Waals surface area contributed by atoms with Crippen LogP contribution in [-0.4, -0.2) is 23.8 Å². The van der Waals surface area contributed by atoms with Crippen LogP contribution in [0, 0.1) is 22.7 Å². The number of nitrogen functional groups attached to an aromatic ring is 1. The summed E-state index contributed by atoms with van der Waals surface area (Å²) in [5.74, 6) is 0.642. The Morgan fingerprint density at radius 2 is 1.88 bits per heavy atom. The molecule has 7 nitrogen and oxygen atoms in total. The Kier molecular flexibility index (Phi) is 8.37. The first kappa shape index (κ1) is 24.9. The number of nitrogens with zero attached hydrogens (tertiary/aromatic N) is 3. The van der Waals surface area contributed by atoms with E-state index in [1.54, 1.807) is 18.2 Å². The highest BCUT2D eigenvalue weighted by molar-refractivity contribution is 7.99. The molecule has 172 valence electrons. The van der Waals surface area contributed by atoms with Gasteiger partial charge in [0.2, 0.25) is 5.91 Å². The van der Waals surface area contributed by atoms with E-state index in [2.05, 4.69) is 22.4 Å². The zero-order valence-electron chi connectivity index (χ0n) is 18.7. The van der Waals surface area contributed by atoms with Gasteiger partial charge in [-0.15, -0.1) is 11.8 Å². The van der Waals surface area contributed by atoms with Crippen molar-refractivity contribution in [3.05, 3.63) is 64.2 Å². The number of hydrogen-bond donors (Lipinski definition) is 2. The highest BCUT2D eigenvalue weighted by Crippen LogP contribution is 2.36. The summed E-state index contributed by atoms with van der Waals surface area (Å²) < 4.78 is 5.25. The molecule has 0 aliphatic rings. The van der Waals surface area contributed by atoms with E-state index in [1.165, 1.54) is 18.9 Å². The molecular formula is C25H22ClN5O2S. The monoisotopic (exact) mass is 491 g/mol. The molecule has 1 aromatic heterocycles. The van der Waals surface area contributed by atoms with Gasteiger partial charge in [0.05, 0.1) is 18.4 Å². The average molecular weight is 492 g/mol. The van der Waals surface area contributed by atoms with Crippen LogP contribution in [0.4, 0.5) is 11.5 Å². The van der Waals surface area contributed by atoms with Gasteiger partial charge in [0, 0.05) is 22.8 Å². The molecule has 3 aromatic rings. The molecule has 3 rings (SSSR count). The van der Waals surface area contributed by atoms with Gasteiger partial charge in [-0.2, -0.15) is 10.5 Å². The molecule has 1 amide bonds. The van der Waals surface area contributed by atoms with Crippen molar-refractivity contribution in [2.75, 3.05) is 23.9 Å². The van der Waals surface area contributed by atoms with Gasteiger partial charge in [0.1, 0.15) is 34.3 Å². The van der Waals surface area contributed by atoms with E-state index >= 15 is 0 Å². The molecule has 0 spiro atoms. The van der Waals surface area contributed by atoms with Crippen molar-refractivity contribution in [1.29, 1.82) is 10.5 Å². The Hall–Kier alpha value is -3.72. The van der Waals surface area contributed by atoms with Crippen molar-refractivity contribution >= 4 is 40.8 Å². The second-order valence-electron chi connectivity index (χ2n) is 7.19. The number of methoxy groups -OCH3 is 1. The van der Waals surface area contributed by atoms with Crippen LogP contribution < -0.4 is 15.8 Å². The molecule has 0 atom stereocenters. The Morgan fingerprint density at radius 1 is 1.18 bits per heavy atom. The maximum absolute atomic E-state index is 12.5. The van der Waals surface area contributed by atoms with E-state index in [4.69, 9.17) is 22.1 Å². The third-order valence-corrected chi connectivity index (χ3v) is 6.28. The number of benzene rings is 2. The summed E-state index contributed by atoms with van der Waals surface area (Å²) in [5.41, 5.74) is 9.27. The fourth-order valence-electron chi connectivity index (χ4n) is 3.33. The molecule has 2 aromatic carbocycles. The fourth-order valence-corrected chi connectivity index (χ4v) is 4.44. The first-order chi connectivity index (χ1) is 16.4. The zero-order chi connectivity index (χ0) is 24.7. The largest absolute Gasteiger partial charge is 0.495 e. The van der Waals surface area contributed by atoms with Crippen molar-refractivity contribution in [3.63, 3.8) is 0 Å². The number of nitrogens with one attached hydrogen (secondary N) is 1. The van der Waals surface area contributed by atoms with E-state index in [0.717, 1.165) is 12.0 Å². The van der Waals surface area contributed by atoms with E-state index in [-0.39, 0.29) is 29.3 Å². The fraction of sp³-hybridized carbons (Fsp3) is 0.200. The molecule has 1 heterocycles. The van der Waals surface area contributed by atoms with E-state index in [9.17, 15) is 15.3 Å². The predicted molar refractivity (Wildman–Crippen MR) is 135 cm³/mol. The van der Waals surface area contributed by atoms with Gasteiger partial charge in [-0.3, -0.25) is 4.79 Å². The molecule has 0 bridgehead atoms. The van der Waals surface area contributed by atoms with Crippen LogP contribution in [0.3, 0.4) is 0 Å². The second kappa shape index (κ2) is 11.4. The topological polar surface area (TPSA) is 125 Å². The molecule has 0 unspecified atom stereocenters. The third kappa shape index (κ3) is 5.60. The van der Waals surface area contributed by atoms with Crippen molar-refractivity contribution in [1.82, 2.24) is 4.98 Å². The zero-order valence-corrected chi connectivity index (χ0v) is 20.3. The van der Waals surface area contributed by atoms with Gasteiger partial charge >= 0.3 is 0 Å². The molecule has 0 saturated carbocycles. The van der Waals surface area contributed by atoms with E-state index in [0.29, 0.717) is 38.4 Å². The lowest BCUT2D eigenvalue weighted by Gasteiger charge is -2.13. The van der Waals surface area contributed by atoms with Crippen LogP contribution in [0.2, 0.25) is 5.02 Å². The van der Waals surface area contributed by atoms with Crippen molar-refractivity contribution in [2.24, 2.45) is 0 Å². The number of thioether (sulfide) groups is 1. The minimum absolute atomic E-state index is 0.0479. The Labute approximate surface area is 207 Å². The number of carbonyl (C=O) groups excluding carboxylic acids is 1. The second-order valence-corrected chi connectivity index (χ2v) is 8.71. The van der Waals surface area contributed by atoms with Crippen LogP contribution in [0.25, 0.3) is 11.1 Å². The smallest absolute Gasteiger partial charge is 0.225 e. The molecule has 0 radical (unpaired) electrons. The van der Waals surface area contributed by atoms with Crippen LogP contribution in [0.15, 0.2) is 47.5 Å². The number of rotatable bonds is 8. The minimum Gasteiger partial charge on any atom is -0.495 e. The van der Waals surface area contributed by atoms with Crippen molar-refractivity contribution in [2.45, 2.75) is 24.8 Å². The van der Waals surface area contributed by atoms with Crippen LogP contribution in [0.5, 0.6) is 5.75 Å². The lowest BCUT2D eigenvalue weighted by Crippen LogP contribution is -2.13. The lowest BCUT2D eigenvalue weighted by molar-refractivity contribution is -0.115. The summed E-state index contributed by atoms with van der Waals surface area (Å²) in [6, 6.07) is 16.8. The molecule has 0 aliphatic heterocycles. The highest BCUT2D eigenvalue weighted by atomic mass is 35.5. The Bertz CT molecular complexity index is 1300. The first-order valence-corrected chi connectivity index (χ1v) is 11.8. The lowest BCUT2D eigenvalue weighted by atomic mass is 9.96. The molecule has 0 aliphatic carbocycles. The first-order valence-electron chi connectivity index (χ1n) is 10.4. The normalized spacial score (nSPS) is 10.3. The Morgan fingerprint density at radius 3 is 2.50 bits per heavy atom. The number of amides is 1. The number of aromatic nitrogens is 1. The number of hydrogen-bond acceptors (Lipinski definition) is 7. The number of nitriles is 2. The summed E-state index contributed by atoms with van der Waals surface area (Å²) >= 11 is 7.24. The van der Waals surface area contributed by atoms with Gasteiger partial charge in [0.25, 0.3) is 0 Å². The number of nitrogens with two attached hydrogens (primary N) is 1. The quantitative estimate of drug-likeness (QED) is 0.403. The van der Waals surface area contributed by atoms with Crippen LogP contribution in [-0.2, 0) is 11.2 Å². The maximum Gasteiger partial charge on any atom is 0.225 e. The summed E-state index contributed by atoms with van der Waals surface area (Å²) in [5, 5.41) is 23.2. The predicted octanol–water partition coefficient (Wildman–Crippen LogP) is 5.42. The number of halogens is 1. The number of anilines is 2. The Balaban J connectivity index is 1.82. The molecular weight excluding hydrogens is 470 g/mol. The highest BCUT2D eigenvalue weighted by Gasteiger charge is 2.21. The third-order valence-electron chi connectivity index (χ3n) is 5.07. The van der Waals surface area contributed by atoms with E-state index < -0.39 is 0 Å². The van der Waals surface area contributed by atoms with Crippen LogP contribution >= 0.6 is 23.4 Å². The SMILES string of the molecule is CCc1ccc(-c2c(C#N)c(N)nc(SCCC(=O)Nc3cc(Cl)ccc3OC)c2C#N)cc1. The van der Waals surface area contributed by atoms with Gasteiger partial charge in [-0.1, -0.05) is 42.8 Å². The number of aryl methyl sites for hydroxylation is 1. The minimum atomic E-state index is -0.247. The van der Waals surface area contributed by atoms with Crippen molar-refractivity contribution < 1.29 is 9.53 Å². The summed E-state index contributed by atoms with van der Waals surface area (Å²) in [6.07, 6.45) is 1.02. The standard InChI is InChI=1S/C25H22ClN5O2S/c1-3-15-4-6-16(7-5-15)23-18(13-27)24(29)31-25(19(23)14-28)34-11-10-22(32)30-20-12-17(26)8-9-21(20)33-2/h4-9,12H,3,10-11H2,1-2H3,(H2,29,31)(H,30,32). The average Bonchev–Trinajstić information content (AvgIpc) is 2.84. The maximum atomic E-state index is 12.5.